The van der Waals surface area contributed by atoms with Gasteiger partial charge < -0.3 is 15.3 Å². The molecule has 3 N–H and O–H groups in total. The number of nitrogens with zero attached hydrogens (tertiary/aromatic N) is 9. The highest BCUT2D eigenvalue weighted by molar-refractivity contribution is 6.08. The van der Waals surface area contributed by atoms with Crippen molar-refractivity contribution in [2.45, 2.75) is 70.1 Å². The first-order chi connectivity index (χ1) is 26.9. The lowest BCUT2D eigenvalue weighted by Gasteiger charge is -2.37. The van der Waals surface area contributed by atoms with E-state index < -0.39 is 17.6 Å². The Balaban J connectivity index is 0.838. The van der Waals surface area contributed by atoms with Crippen molar-refractivity contribution in [2.24, 2.45) is 13.0 Å². The van der Waals surface area contributed by atoms with E-state index >= 15 is 0 Å². The van der Waals surface area contributed by atoms with E-state index in [2.05, 4.69) is 42.4 Å². The maximum atomic E-state index is 13.3. The summed E-state index contributed by atoms with van der Waals surface area (Å²) >= 11 is 0. The number of imide groups is 1. The van der Waals surface area contributed by atoms with Gasteiger partial charge in [0.05, 0.1) is 41.1 Å². The van der Waals surface area contributed by atoms with Crippen LogP contribution < -0.4 is 16.3 Å². The zero-order valence-electron chi connectivity index (χ0n) is 31.9. The van der Waals surface area contributed by atoms with E-state index in [1.165, 1.54) is 15.3 Å². The maximum absolute atomic E-state index is 13.3. The second-order valence-electron chi connectivity index (χ2n) is 15.7. The van der Waals surface area contributed by atoms with Crippen molar-refractivity contribution in [1.82, 2.24) is 48.6 Å². The molecule has 3 fully saturated rings. The molecule has 3 amide bonds. The van der Waals surface area contributed by atoms with Crippen molar-refractivity contribution in [3.05, 3.63) is 76.4 Å². The molecule has 5 aromatic rings. The molecule has 8 rings (SSSR count). The van der Waals surface area contributed by atoms with E-state index in [1.807, 2.05) is 29.1 Å². The SMILES string of the molecule is Cn1c(=O)n(C2CCC(=O)NC2=O)c2cccc(C#CCN3CCN(CC4CCC(n5cc(NC(=O)c6cnn7cccnc67)c(C(C)(C)O)n5)CC4)CC3)c21. The second kappa shape index (κ2) is 15.1. The number of hydrogen-bond donors (Lipinski definition) is 3. The Kier molecular flexibility index (Phi) is 10.1. The Morgan fingerprint density at radius 3 is 2.55 bits per heavy atom. The normalized spacial score (nSPS) is 21.2. The third kappa shape index (κ3) is 7.37. The standard InChI is InChI=1S/C40H47N11O5/c1-40(2,56)35-30(43-37(53)29-23-42-49-18-6-16-41-36(29)49)25-50(45-35)28-12-10-26(11-13-28)24-48-21-19-47(20-22-48)17-5-8-27-7-4-9-31-34(27)46(3)39(55)51(31)32-14-15-33(52)44-38(32)54/h4,6-7,9,16,18,23,25-26,28,32,56H,10-15,17,19-22,24H2,1-3H3,(H,43,53)(H,44,52,54). The molecule has 2 aliphatic heterocycles. The van der Waals surface area contributed by atoms with Gasteiger partial charge in [-0.15, -0.1) is 0 Å². The maximum Gasteiger partial charge on any atom is 0.329 e. The van der Waals surface area contributed by atoms with Gasteiger partial charge in [-0.05, 0) is 70.1 Å². The molecule has 3 aliphatic rings. The Morgan fingerprint density at radius 1 is 1.04 bits per heavy atom. The van der Waals surface area contributed by atoms with Crippen LogP contribution in [0.25, 0.3) is 16.7 Å². The van der Waals surface area contributed by atoms with Gasteiger partial charge in [0.2, 0.25) is 11.8 Å². The number of amides is 3. The molecular weight excluding hydrogens is 715 g/mol. The summed E-state index contributed by atoms with van der Waals surface area (Å²) in [6, 6.07) is 6.77. The molecule has 16 heteroatoms. The number of benzene rings is 1. The summed E-state index contributed by atoms with van der Waals surface area (Å²) in [5, 5.41) is 25.3. The number of imidazole rings is 1. The fourth-order valence-corrected chi connectivity index (χ4v) is 8.40. The summed E-state index contributed by atoms with van der Waals surface area (Å²) in [5.41, 5.74) is 2.20. The van der Waals surface area contributed by atoms with Crippen molar-refractivity contribution < 1.29 is 19.5 Å². The molecule has 292 valence electrons. The summed E-state index contributed by atoms with van der Waals surface area (Å²) in [6.45, 7) is 8.80. The number of hydrogen-bond acceptors (Lipinski definition) is 10. The number of anilines is 1. The molecule has 1 saturated carbocycles. The molecule has 4 aromatic heterocycles. The topological polar surface area (TPSA) is 177 Å². The fraction of sp³-hybridized carbons (Fsp3) is 0.475. The first-order valence-electron chi connectivity index (χ1n) is 19.3. The third-order valence-electron chi connectivity index (χ3n) is 11.4. The lowest BCUT2D eigenvalue weighted by molar-refractivity contribution is -0.135. The number of fused-ring (bicyclic) bond motifs is 2. The zero-order chi connectivity index (χ0) is 39.1. The van der Waals surface area contributed by atoms with Crippen LogP contribution in [-0.2, 0) is 22.2 Å². The number of carbonyl (C=O) groups excluding carboxylic acids is 3. The van der Waals surface area contributed by atoms with Gasteiger partial charge in [0.15, 0.2) is 5.65 Å². The first kappa shape index (κ1) is 37.3. The molecule has 1 unspecified atom stereocenters. The third-order valence-corrected chi connectivity index (χ3v) is 11.4. The molecular formula is C40H47N11O5. The van der Waals surface area contributed by atoms with Crippen LogP contribution in [0.2, 0.25) is 0 Å². The molecule has 1 atom stereocenters. The Labute approximate surface area is 323 Å². The van der Waals surface area contributed by atoms with Crippen molar-refractivity contribution in [3.8, 4) is 11.8 Å². The average molecular weight is 762 g/mol. The summed E-state index contributed by atoms with van der Waals surface area (Å²) in [4.78, 5) is 60.0. The quantitative estimate of drug-likeness (QED) is 0.157. The number of rotatable bonds is 8. The summed E-state index contributed by atoms with van der Waals surface area (Å²) in [7, 11) is 1.69. The highest BCUT2D eigenvalue weighted by Gasteiger charge is 2.33. The van der Waals surface area contributed by atoms with Gasteiger partial charge in [-0.25, -0.2) is 14.3 Å². The second-order valence-corrected chi connectivity index (χ2v) is 15.7. The molecule has 2 saturated heterocycles. The zero-order valence-corrected chi connectivity index (χ0v) is 31.9. The van der Waals surface area contributed by atoms with Gasteiger partial charge in [-0.2, -0.15) is 10.2 Å². The van der Waals surface area contributed by atoms with Crippen LogP contribution in [0.4, 0.5) is 5.69 Å². The fourth-order valence-electron chi connectivity index (χ4n) is 8.40. The van der Waals surface area contributed by atoms with Gasteiger partial charge in [-0.3, -0.25) is 38.4 Å². The van der Waals surface area contributed by atoms with E-state index in [-0.39, 0.29) is 36.4 Å². The molecule has 0 spiro atoms. The van der Waals surface area contributed by atoms with Crippen LogP contribution in [0, 0.1) is 17.8 Å². The minimum Gasteiger partial charge on any atom is -0.384 e. The van der Waals surface area contributed by atoms with Crippen molar-refractivity contribution >= 4 is 40.1 Å². The molecule has 1 aromatic carbocycles. The van der Waals surface area contributed by atoms with E-state index in [4.69, 9.17) is 5.10 Å². The Morgan fingerprint density at radius 2 is 1.80 bits per heavy atom. The predicted molar refractivity (Wildman–Crippen MR) is 208 cm³/mol. The van der Waals surface area contributed by atoms with Crippen molar-refractivity contribution in [3.63, 3.8) is 0 Å². The minimum atomic E-state index is -1.25. The number of piperazine rings is 1. The molecule has 56 heavy (non-hydrogen) atoms. The van der Waals surface area contributed by atoms with Crippen LogP contribution in [-0.4, -0.2) is 105 Å². The predicted octanol–water partition coefficient (Wildman–Crippen LogP) is 2.44. The molecule has 0 radical (unpaired) electrons. The number of nitrogens with one attached hydrogen (secondary N) is 2. The molecule has 1 aliphatic carbocycles. The summed E-state index contributed by atoms with van der Waals surface area (Å²) in [5.74, 6) is 6.07. The van der Waals surface area contributed by atoms with E-state index in [0.29, 0.717) is 46.1 Å². The van der Waals surface area contributed by atoms with Gasteiger partial charge >= 0.3 is 5.69 Å². The van der Waals surface area contributed by atoms with Gasteiger partial charge in [0.25, 0.3) is 5.91 Å². The summed E-state index contributed by atoms with van der Waals surface area (Å²) < 4.78 is 6.49. The number of aliphatic hydroxyl groups is 1. The van der Waals surface area contributed by atoms with Crippen molar-refractivity contribution in [2.75, 3.05) is 44.6 Å². The monoisotopic (exact) mass is 761 g/mol. The summed E-state index contributed by atoms with van der Waals surface area (Å²) in [6.07, 6.45) is 11.2. The number of para-hydroxylation sites is 1. The van der Waals surface area contributed by atoms with Crippen LogP contribution in [0.3, 0.4) is 0 Å². The van der Waals surface area contributed by atoms with Crippen LogP contribution in [0.15, 0.2) is 53.8 Å². The molecule has 0 bridgehead atoms. The highest BCUT2D eigenvalue weighted by Crippen LogP contribution is 2.36. The van der Waals surface area contributed by atoms with Crippen molar-refractivity contribution in [1.29, 1.82) is 0 Å². The van der Waals surface area contributed by atoms with E-state index in [1.54, 1.807) is 43.9 Å². The minimum absolute atomic E-state index is 0.177. The van der Waals surface area contributed by atoms with E-state index in [9.17, 15) is 24.3 Å². The Bertz CT molecular complexity index is 2420. The number of carbonyl (C=O) groups is 3. The number of aryl methyl sites for hydroxylation is 1. The van der Waals surface area contributed by atoms with Crippen LogP contribution >= 0.6 is 0 Å². The van der Waals surface area contributed by atoms with Gasteiger partial charge in [0, 0.05) is 64.8 Å². The van der Waals surface area contributed by atoms with Gasteiger partial charge in [-0.1, -0.05) is 17.9 Å². The molecule has 6 heterocycles. The van der Waals surface area contributed by atoms with Crippen LogP contribution in [0.1, 0.15) is 86.1 Å². The number of piperidine rings is 1. The number of aromatic nitrogens is 7. The average Bonchev–Trinajstić information content (AvgIpc) is 3.88. The lowest BCUT2D eigenvalue weighted by atomic mass is 9.85. The highest BCUT2D eigenvalue weighted by atomic mass is 16.3. The largest absolute Gasteiger partial charge is 0.384 e. The first-order valence-corrected chi connectivity index (χ1v) is 19.3. The smallest absolute Gasteiger partial charge is 0.329 e. The molecule has 16 nitrogen and oxygen atoms in total. The lowest BCUT2D eigenvalue weighted by Crippen LogP contribution is -2.48. The van der Waals surface area contributed by atoms with E-state index in [0.717, 1.165) is 64.0 Å². The van der Waals surface area contributed by atoms with Gasteiger partial charge in [0.1, 0.15) is 22.9 Å². The Hall–Kier alpha value is -5.63. The van der Waals surface area contributed by atoms with Crippen LogP contribution in [0.5, 0.6) is 0 Å².